The molecule has 9 heteroatoms. The molecule has 3 heterocycles. The highest BCUT2D eigenvalue weighted by Crippen LogP contribution is 2.24. The predicted octanol–water partition coefficient (Wildman–Crippen LogP) is 3.79. The Balaban J connectivity index is 1.62. The van der Waals surface area contributed by atoms with Gasteiger partial charge in [0.25, 0.3) is 5.91 Å². The first-order valence-corrected chi connectivity index (χ1v) is 9.70. The van der Waals surface area contributed by atoms with E-state index in [0.717, 1.165) is 16.4 Å². The fraction of sp³-hybridized carbons (Fsp3) is 0.100. The zero-order valence-corrected chi connectivity index (χ0v) is 16.3. The van der Waals surface area contributed by atoms with Gasteiger partial charge in [-0.1, -0.05) is 6.58 Å². The Hall–Kier alpha value is -3.72. The average Bonchev–Trinajstić information content (AvgIpc) is 3.38. The smallest absolute Gasteiger partial charge is 0.255 e. The molecule has 8 nitrogen and oxygen atoms in total. The molecule has 1 amide bonds. The number of carbonyl (C=O) groups excluding carboxylic acids is 1. The van der Waals surface area contributed by atoms with Crippen molar-refractivity contribution in [3.63, 3.8) is 0 Å². The summed E-state index contributed by atoms with van der Waals surface area (Å²) in [5.74, 6) is 0.147. The standard InChI is InChI=1S/C20H18N6O2S/c1-12(13(2)27)22-19(28)16-4-3-10-26-17(24-25-18(16)26)14-5-7-15(8-6-14)23-20-21-9-11-29-20/h3-12,27H,2H2,1H3,(H,21,23)(H,22,28)/t12-/m1/s1. The second-order valence-electron chi connectivity index (χ2n) is 6.37. The third kappa shape index (κ3) is 3.81. The van der Waals surface area contributed by atoms with E-state index in [-0.39, 0.29) is 11.7 Å². The van der Waals surface area contributed by atoms with E-state index in [9.17, 15) is 9.90 Å². The maximum Gasteiger partial charge on any atom is 0.255 e. The van der Waals surface area contributed by atoms with Crippen molar-refractivity contribution in [1.29, 1.82) is 0 Å². The third-order valence-corrected chi connectivity index (χ3v) is 5.04. The molecular weight excluding hydrogens is 388 g/mol. The molecule has 3 N–H and O–H groups in total. The number of hydrogen-bond acceptors (Lipinski definition) is 7. The average molecular weight is 406 g/mol. The molecule has 4 aromatic rings. The van der Waals surface area contributed by atoms with Gasteiger partial charge in [0.15, 0.2) is 16.6 Å². The monoisotopic (exact) mass is 406 g/mol. The molecule has 0 saturated carbocycles. The number of thiazole rings is 1. The fourth-order valence-electron chi connectivity index (χ4n) is 2.76. The molecule has 1 atom stereocenters. The van der Waals surface area contributed by atoms with Crippen LogP contribution in [0.4, 0.5) is 10.8 Å². The first-order valence-electron chi connectivity index (χ1n) is 8.82. The van der Waals surface area contributed by atoms with Crippen LogP contribution >= 0.6 is 11.3 Å². The topological polar surface area (TPSA) is 104 Å². The lowest BCUT2D eigenvalue weighted by Gasteiger charge is -2.12. The fourth-order valence-corrected chi connectivity index (χ4v) is 3.31. The summed E-state index contributed by atoms with van der Waals surface area (Å²) in [5.41, 5.74) is 2.56. The molecule has 0 fully saturated rings. The van der Waals surface area contributed by atoms with E-state index in [1.807, 2.05) is 29.6 Å². The summed E-state index contributed by atoms with van der Waals surface area (Å²) >= 11 is 1.52. The molecule has 146 valence electrons. The summed E-state index contributed by atoms with van der Waals surface area (Å²) in [7, 11) is 0. The Kier molecular flexibility index (Phi) is 4.96. The van der Waals surface area contributed by atoms with Crippen molar-refractivity contribution in [2.75, 3.05) is 5.32 Å². The van der Waals surface area contributed by atoms with Gasteiger partial charge < -0.3 is 15.7 Å². The van der Waals surface area contributed by atoms with Crippen LogP contribution in [0.15, 0.2) is 66.5 Å². The Labute approximate surface area is 170 Å². The molecule has 0 unspecified atom stereocenters. The van der Waals surface area contributed by atoms with Gasteiger partial charge in [-0.3, -0.25) is 9.20 Å². The first kappa shape index (κ1) is 18.6. The number of pyridine rings is 1. The summed E-state index contributed by atoms with van der Waals surface area (Å²) in [6, 6.07) is 10.6. The number of benzene rings is 1. The van der Waals surface area contributed by atoms with Crippen molar-refractivity contribution < 1.29 is 9.90 Å². The molecule has 0 radical (unpaired) electrons. The third-order valence-electron chi connectivity index (χ3n) is 4.35. The van der Waals surface area contributed by atoms with Crippen molar-refractivity contribution in [3.05, 3.63) is 72.1 Å². The van der Waals surface area contributed by atoms with Crippen LogP contribution in [0.2, 0.25) is 0 Å². The number of carbonyl (C=O) groups is 1. The molecule has 4 rings (SSSR count). The SMILES string of the molecule is C=C(O)[C@@H](C)NC(=O)c1cccn2c(-c3ccc(Nc4nccs4)cc3)nnc12. The molecule has 0 bridgehead atoms. The summed E-state index contributed by atoms with van der Waals surface area (Å²) in [6.45, 7) is 5.09. The van der Waals surface area contributed by atoms with E-state index in [2.05, 4.69) is 32.4 Å². The van der Waals surface area contributed by atoms with E-state index in [1.165, 1.54) is 11.3 Å². The van der Waals surface area contributed by atoms with Crippen LogP contribution in [0.5, 0.6) is 0 Å². The second-order valence-corrected chi connectivity index (χ2v) is 7.26. The van der Waals surface area contributed by atoms with Crippen molar-refractivity contribution in [2.45, 2.75) is 13.0 Å². The Bertz CT molecular complexity index is 1170. The summed E-state index contributed by atoms with van der Waals surface area (Å²) < 4.78 is 1.76. The summed E-state index contributed by atoms with van der Waals surface area (Å²) in [6.07, 6.45) is 3.55. The molecule has 1 aromatic carbocycles. The number of hydrogen-bond donors (Lipinski definition) is 3. The Morgan fingerprint density at radius 3 is 2.72 bits per heavy atom. The highest BCUT2D eigenvalue weighted by atomic mass is 32.1. The quantitative estimate of drug-likeness (QED) is 0.421. The normalized spacial score (nSPS) is 11.9. The van der Waals surface area contributed by atoms with Crippen molar-refractivity contribution in [1.82, 2.24) is 24.9 Å². The van der Waals surface area contributed by atoms with Gasteiger partial charge in [0, 0.05) is 29.0 Å². The molecular formula is C20H18N6O2S. The highest BCUT2D eigenvalue weighted by Gasteiger charge is 2.18. The zero-order valence-electron chi connectivity index (χ0n) is 15.5. The molecule has 0 aliphatic rings. The summed E-state index contributed by atoms with van der Waals surface area (Å²) in [5, 5.41) is 26.5. The number of aliphatic hydroxyl groups is 1. The number of anilines is 2. The maximum absolute atomic E-state index is 12.6. The van der Waals surface area contributed by atoms with Crippen LogP contribution in [-0.4, -0.2) is 36.6 Å². The minimum Gasteiger partial charge on any atom is -0.511 e. The lowest BCUT2D eigenvalue weighted by atomic mass is 10.2. The van der Waals surface area contributed by atoms with Crippen molar-refractivity contribution in [3.8, 4) is 11.4 Å². The Morgan fingerprint density at radius 2 is 2.03 bits per heavy atom. The second kappa shape index (κ2) is 7.72. The number of fused-ring (bicyclic) bond motifs is 1. The number of nitrogens with zero attached hydrogens (tertiary/aromatic N) is 4. The lowest BCUT2D eigenvalue weighted by molar-refractivity contribution is 0.0938. The lowest BCUT2D eigenvalue weighted by Crippen LogP contribution is -2.34. The minimum atomic E-state index is -0.567. The van der Waals surface area contributed by atoms with Crippen LogP contribution in [-0.2, 0) is 0 Å². The van der Waals surface area contributed by atoms with E-state index >= 15 is 0 Å². The summed E-state index contributed by atoms with van der Waals surface area (Å²) in [4.78, 5) is 16.8. The molecule has 0 aliphatic carbocycles. The molecule has 0 saturated heterocycles. The first-order chi connectivity index (χ1) is 14.0. The van der Waals surface area contributed by atoms with Crippen LogP contribution in [0, 0.1) is 0 Å². The zero-order chi connectivity index (χ0) is 20.4. The van der Waals surface area contributed by atoms with E-state index in [0.29, 0.717) is 17.0 Å². The Morgan fingerprint density at radius 1 is 1.24 bits per heavy atom. The van der Waals surface area contributed by atoms with Gasteiger partial charge in [0.2, 0.25) is 0 Å². The maximum atomic E-state index is 12.6. The van der Waals surface area contributed by atoms with Gasteiger partial charge in [0.05, 0.1) is 11.6 Å². The molecule has 0 spiro atoms. The molecule has 0 aliphatic heterocycles. The minimum absolute atomic E-state index is 0.112. The molecule has 29 heavy (non-hydrogen) atoms. The van der Waals surface area contributed by atoms with E-state index in [1.54, 1.807) is 35.9 Å². The van der Waals surface area contributed by atoms with Gasteiger partial charge in [-0.15, -0.1) is 21.5 Å². The van der Waals surface area contributed by atoms with Crippen LogP contribution in [0.3, 0.4) is 0 Å². The van der Waals surface area contributed by atoms with Gasteiger partial charge in [0.1, 0.15) is 5.76 Å². The van der Waals surface area contributed by atoms with Crippen molar-refractivity contribution in [2.24, 2.45) is 0 Å². The van der Waals surface area contributed by atoms with E-state index < -0.39 is 6.04 Å². The number of nitrogens with one attached hydrogen (secondary N) is 2. The largest absolute Gasteiger partial charge is 0.511 e. The van der Waals surface area contributed by atoms with Crippen LogP contribution in [0.1, 0.15) is 17.3 Å². The number of rotatable bonds is 6. The van der Waals surface area contributed by atoms with Gasteiger partial charge in [-0.05, 0) is 43.3 Å². The van der Waals surface area contributed by atoms with Crippen molar-refractivity contribution >= 4 is 33.7 Å². The number of aromatic nitrogens is 4. The van der Waals surface area contributed by atoms with Gasteiger partial charge >= 0.3 is 0 Å². The number of aliphatic hydroxyl groups excluding tert-OH is 1. The van der Waals surface area contributed by atoms with Crippen LogP contribution in [0.25, 0.3) is 17.0 Å². The van der Waals surface area contributed by atoms with Gasteiger partial charge in [-0.2, -0.15) is 0 Å². The predicted molar refractivity (Wildman–Crippen MR) is 113 cm³/mol. The van der Waals surface area contributed by atoms with Gasteiger partial charge in [-0.25, -0.2) is 4.98 Å². The van der Waals surface area contributed by atoms with Crippen LogP contribution < -0.4 is 10.6 Å². The molecule has 3 aromatic heterocycles. The number of amides is 1. The highest BCUT2D eigenvalue weighted by molar-refractivity contribution is 7.13. The van der Waals surface area contributed by atoms with E-state index in [4.69, 9.17) is 0 Å².